The zero-order valence-electron chi connectivity index (χ0n) is 10.8. The second kappa shape index (κ2) is 7.24. The first kappa shape index (κ1) is 14.8. The lowest BCUT2D eigenvalue weighted by atomic mass is 10.2. The minimum absolute atomic E-state index is 0.0360. The quantitative estimate of drug-likeness (QED) is 0.858. The lowest BCUT2D eigenvalue weighted by Gasteiger charge is -2.17. The van der Waals surface area contributed by atoms with Gasteiger partial charge in [-0.15, -0.1) is 0 Å². The van der Waals surface area contributed by atoms with E-state index in [0.29, 0.717) is 31.1 Å². The highest BCUT2D eigenvalue weighted by Crippen LogP contribution is 2.21. The third-order valence-electron chi connectivity index (χ3n) is 2.61. The number of ether oxygens (including phenoxy) is 1. The van der Waals surface area contributed by atoms with Crippen LogP contribution in [-0.4, -0.2) is 37.6 Å². The second-order valence-electron chi connectivity index (χ2n) is 4.11. The van der Waals surface area contributed by atoms with Crippen molar-refractivity contribution in [1.82, 2.24) is 4.90 Å². The first-order chi connectivity index (χ1) is 8.54. The van der Waals surface area contributed by atoms with Crippen molar-refractivity contribution in [3.05, 3.63) is 28.8 Å². The number of carbonyl (C=O) groups is 1. The fourth-order valence-electron chi connectivity index (χ4n) is 1.51. The van der Waals surface area contributed by atoms with Gasteiger partial charge in [0.15, 0.2) is 0 Å². The van der Waals surface area contributed by atoms with Gasteiger partial charge in [0.2, 0.25) is 5.91 Å². The van der Waals surface area contributed by atoms with Gasteiger partial charge in [-0.05, 0) is 30.7 Å². The van der Waals surface area contributed by atoms with Crippen molar-refractivity contribution in [3.8, 4) is 5.75 Å². The van der Waals surface area contributed by atoms with Crippen LogP contribution in [0.15, 0.2) is 18.2 Å². The van der Waals surface area contributed by atoms with Crippen molar-refractivity contribution >= 4 is 17.5 Å². The fraction of sp³-hybridized carbons (Fsp3) is 0.462. The average molecular weight is 271 g/mol. The van der Waals surface area contributed by atoms with Crippen LogP contribution in [0.2, 0.25) is 5.02 Å². The Labute approximate surface area is 113 Å². The molecule has 0 spiro atoms. The van der Waals surface area contributed by atoms with Crippen LogP contribution in [0.25, 0.3) is 0 Å². The van der Waals surface area contributed by atoms with E-state index < -0.39 is 0 Å². The second-order valence-corrected chi connectivity index (χ2v) is 4.55. The zero-order valence-corrected chi connectivity index (χ0v) is 11.5. The maximum atomic E-state index is 11.5. The van der Waals surface area contributed by atoms with Crippen molar-refractivity contribution in [3.63, 3.8) is 0 Å². The molecule has 0 bridgehead atoms. The molecule has 0 aliphatic rings. The number of nitrogens with zero attached hydrogens (tertiary/aromatic N) is 1. The van der Waals surface area contributed by atoms with E-state index in [9.17, 15) is 4.79 Å². The molecule has 0 aliphatic carbocycles. The smallest absolute Gasteiger partial charge is 0.223 e. The number of halogens is 1. The van der Waals surface area contributed by atoms with Crippen molar-refractivity contribution in [2.75, 3.05) is 26.7 Å². The number of nitrogens with two attached hydrogens (primary N) is 1. The molecule has 0 radical (unpaired) electrons. The third-order valence-corrected chi connectivity index (χ3v) is 2.84. The predicted octanol–water partition coefficient (Wildman–Crippen LogP) is 1.83. The first-order valence-corrected chi connectivity index (χ1v) is 6.25. The summed E-state index contributed by atoms with van der Waals surface area (Å²) in [6.07, 6.45) is 0.372. The van der Waals surface area contributed by atoms with Crippen LogP contribution in [-0.2, 0) is 4.79 Å². The average Bonchev–Trinajstić information content (AvgIpc) is 2.32. The van der Waals surface area contributed by atoms with Gasteiger partial charge in [-0.2, -0.15) is 0 Å². The molecular formula is C13H19ClN2O2. The van der Waals surface area contributed by atoms with E-state index in [2.05, 4.69) is 0 Å². The fourth-order valence-corrected chi connectivity index (χ4v) is 1.73. The van der Waals surface area contributed by atoms with Crippen molar-refractivity contribution in [2.45, 2.75) is 13.3 Å². The number of hydrogen-bond acceptors (Lipinski definition) is 3. The molecule has 0 aliphatic heterocycles. The molecule has 1 aromatic rings. The Hall–Kier alpha value is -1.26. The maximum absolute atomic E-state index is 11.5. The summed E-state index contributed by atoms with van der Waals surface area (Å²) in [6, 6.07) is 5.47. The summed E-state index contributed by atoms with van der Waals surface area (Å²) in [4.78, 5) is 13.1. The maximum Gasteiger partial charge on any atom is 0.223 e. The molecule has 0 saturated carbocycles. The summed E-state index contributed by atoms with van der Waals surface area (Å²) >= 11 is 5.86. The Bertz CT molecular complexity index is 410. The summed E-state index contributed by atoms with van der Waals surface area (Å²) in [7, 11) is 1.75. The lowest BCUT2D eigenvalue weighted by molar-refractivity contribution is -0.130. The Morgan fingerprint density at radius 1 is 1.50 bits per heavy atom. The molecule has 1 amide bonds. The van der Waals surface area contributed by atoms with Crippen LogP contribution >= 0.6 is 11.6 Å². The van der Waals surface area contributed by atoms with E-state index >= 15 is 0 Å². The number of likely N-dealkylation sites (N-methyl/N-ethyl adjacent to an activating group) is 1. The van der Waals surface area contributed by atoms with Gasteiger partial charge in [0.1, 0.15) is 12.4 Å². The van der Waals surface area contributed by atoms with Crippen LogP contribution in [0, 0.1) is 6.92 Å². The van der Waals surface area contributed by atoms with E-state index in [1.54, 1.807) is 18.0 Å². The Kier molecular flexibility index (Phi) is 5.95. The van der Waals surface area contributed by atoms with E-state index in [4.69, 9.17) is 22.1 Å². The minimum Gasteiger partial charge on any atom is -0.491 e. The van der Waals surface area contributed by atoms with Gasteiger partial charge < -0.3 is 15.4 Å². The Morgan fingerprint density at radius 2 is 2.22 bits per heavy atom. The van der Waals surface area contributed by atoms with Gasteiger partial charge in [0.25, 0.3) is 0 Å². The van der Waals surface area contributed by atoms with E-state index in [0.717, 1.165) is 11.3 Å². The molecule has 100 valence electrons. The lowest BCUT2D eigenvalue weighted by Crippen LogP contribution is -2.32. The molecular weight excluding hydrogens is 252 g/mol. The minimum atomic E-state index is 0.0360. The Morgan fingerprint density at radius 3 is 2.83 bits per heavy atom. The van der Waals surface area contributed by atoms with Crippen LogP contribution in [0.1, 0.15) is 12.0 Å². The van der Waals surface area contributed by atoms with E-state index in [-0.39, 0.29) is 5.91 Å². The molecule has 0 fully saturated rings. The largest absolute Gasteiger partial charge is 0.491 e. The standard InChI is InChI=1S/C13H19ClN2O2/c1-10-9-11(14)3-4-12(10)18-8-7-16(2)13(17)5-6-15/h3-4,9H,5-8,15H2,1-2H3. The highest BCUT2D eigenvalue weighted by molar-refractivity contribution is 6.30. The SMILES string of the molecule is Cc1cc(Cl)ccc1OCCN(C)C(=O)CCN. The summed E-state index contributed by atoms with van der Waals surface area (Å²) in [5.74, 6) is 0.827. The van der Waals surface area contributed by atoms with Gasteiger partial charge in [-0.3, -0.25) is 4.79 Å². The molecule has 0 atom stereocenters. The van der Waals surface area contributed by atoms with Crippen molar-refractivity contribution in [2.24, 2.45) is 5.73 Å². The van der Waals surface area contributed by atoms with E-state index in [1.807, 2.05) is 19.1 Å². The predicted molar refractivity (Wildman–Crippen MR) is 73.0 cm³/mol. The number of carbonyl (C=O) groups excluding carboxylic acids is 1. The highest BCUT2D eigenvalue weighted by Gasteiger charge is 2.07. The molecule has 0 saturated heterocycles. The highest BCUT2D eigenvalue weighted by atomic mass is 35.5. The first-order valence-electron chi connectivity index (χ1n) is 5.87. The molecule has 5 heteroatoms. The molecule has 18 heavy (non-hydrogen) atoms. The summed E-state index contributed by atoms with van der Waals surface area (Å²) in [5, 5.41) is 0.690. The van der Waals surface area contributed by atoms with Gasteiger partial charge in [-0.1, -0.05) is 11.6 Å². The normalized spacial score (nSPS) is 10.2. The Balaban J connectivity index is 2.39. The van der Waals surface area contributed by atoms with Gasteiger partial charge in [0.05, 0.1) is 6.54 Å². The molecule has 4 nitrogen and oxygen atoms in total. The molecule has 1 rings (SSSR count). The number of hydrogen-bond donors (Lipinski definition) is 1. The van der Waals surface area contributed by atoms with Crippen LogP contribution in [0.4, 0.5) is 0 Å². The summed E-state index contributed by atoms with van der Waals surface area (Å²) in [6.45, 7) is 3.31. The monoisotopic (exact) mass is 270 g/mol. The number of aryl methyl sites for hydroxylation is 1. The zero-order chi connectivity index (χ0) is 13.5. The molecule has 0 heterocycles. The molecule has 1 aromatic carbocycles. The molecule has 0 aromatic heterocycles. The number of rotatable bonds is 6. The summed E-state index contributed by atoms with van der Waals surface area (Å²) in [5.41, 5.74) is 6.31. The van der Waals surface area contributed by atoms with Gasteiger partial charge in [-0.25, -0.2) is 0 Å². The molecule has 2 N–H and O–H groups in total. The van der Waals surface area contributed by atoms with Crippen LogP contribution in [0.3, 0.4) is 0 Å². The number of benzene rings is 1. The van der Waals surface area contributed by atoms with Gasteiger partial charge >= 0.3 is 0 Å². The summed E-state index contributed by atoms with van der Waals surface area (Å²) < 4.78 is 5.61. The molecule has 0 unspecified atom stereocenters. The van der Waals surface area contributed by atoms with E-state index in [1.165, 1.54) is 0 Å². The third kappa shape index (κ3) is 4.55. The van der Waals surface area contributed by atoms with Crippen molar-refractivity contribution in [1.29, 1.82) is 0 Å². The van der Waals surface area contributed by atoms with Crippen LogP contribution in [0.5, 0.6) is 5.75 Å². The topological polar surface area (TPSA) is 55.6 Å². The van der Waals surface area contributed by atoms with Gasteiger partial charge in [0, 0.05) is 25.0 Å². The van der Waals surface area contributed by atoms with Crippen molar-refractivity contribution < 1.29 is 9.53 Å². The number of amides is 1. The van der Waals surface area contributed by atoms with Crippen LogP contribution < -0.4 is 10.5 Å².